The zero-order chi connectivity index (χ0) is 36.6. The van der Waals surface area contributed by atoms with Gasteiger partial charge in [0.15, 0.2) is 17.5 Å². The minimum Gasteiger partial charge on any atom is -0.208 e. The Balaban J connectivity index is 1.15. The van der Waals surface area contributed by atoms with Crippen molar-refractivity contribution in [3.8, 4) is 73.6 Å². The molecule has 0 aliphatic carbocycles. The van der Waals surface area contributed by atoms with Gasteiger partial charge >= 0.3 is 0 Å². The molecule has 8 aromatic rings. The highest BCUT2D eigenvalue weighted by Crippen LogP contribution is 2.51. The van der Waals surface area contributed by atoms with Crippen LogP contribution in [0, 0.1) is 11.3 Å². The molecule has 7 aromatic carbocycles. The molecule has 1 aliphatic heterocycles. The predicted octanol–water partition coefficient (Wildman–Crippen LogP) is 12.5. The molecule has 0 atom stereocenters. The van der Waals surface area contributed by atoms with Crippen LogP contribution in [0.3, 0.4) is 0 Å². The van der Waals surface area contributed by atoms with Gasteiger partial charge in [0.25, 0.3) is 0 Å². The van der Waals surface area contributed by atoms with Crippen LogP contribution < -0.4 is 0 Å². The van der Waals surface area contributed by atoms with E-state index in [0.29, 0.717) is 17.5 Å². The summed E-state index contributed by atoms with van der Waals surface area (Å²) < 4.78 is 0. The molecule has 9 rings (SSSR count). The van der Waals surface area contributed by atoms with Crippen molar-refractivity contribution in [1.29, 1.82) is 5.26 Å². The molecule has 0 saturated carbocycles. The Morgan fingerprint density at radius 3 is 1.50 bits per heavy atom. The lowest BCUT2D eigenvalue weighted by molar-refractivity contribution is 0.605. The number of hydrogen-bond acceptors (Lipinski definition) is 5. The summed E-state index contributed by atoms with van der Waals surface area (Å²) in [6.07, 6.45) is 0. The molecule has 0 fully saturated rings. The molecule has 0 N–H and O–H groups in total. The highest BCUT2D eigenvalue weighted by atomic mass is 32.2. The third-order valence-electron chi connectivity index (χ3n) is 10.3. The summed E-state index contributed by atoms with van der Waals surface area (Å²) in [6, 6.07) is 61.1. The van der Waals surface area contributed by atoms with Gasteiger partial charge in [0.05, 0.1) is 11.6 Å². The second-order valence-electron chi connectivity index (χ2n) is 14.0. The molecule has 54 heavy (non-hydrogen) atoms. The minimum atomic E-state index is -0.315. The van der Waals surface area contributed by atoms with E-state index >= 15 is 0 Å². The molecule has 1 aromatic heterocycles. The van der Waals surface area contributed by atoms with Gasteiger partial charge < -0.3 is 0 Å². The zero-order valence-corrected chi connectivity index (χ0v) is 30.7. The van der Waals surface area contributed by atoms with Crippen LogP contribution in [0.5, 0.6) is 0 Å². The number of nitriles is 1. The van der Waals surface area contributed by atoms with Crippen molar-refractivity contribution in [1.82, 2.24) is 15.0 Å². The summed E-state index contributed by atoms with van der Waals surface area (Å²) >= 11 is 1.73. The van der Waals surface area contributed by atoms with Gasteiger partial charge in [-0.15, -0.1) is 0 Å². The normalized spacial score (nSPS) is 12.7. The van der Waals surface area contributed by atoms with E-state index in [1.54, 1.807) is 11.8 Å². The van der Waals surface area contributed by atoms with Gasteiger partial charge in [0, 0.05) is 31.9 Å². The first-order valence-electron chi connectivity index (χ1n) is 18.0. The average molecular weight is 711 g/mol. The van der Waals surface area contributed by atoms with Crippen molar-refractivity contribution >= 4 is 11.8 Å². The summed E-state index contributed by atoms with van der Waals surface area (Å²) in [6.45, 7) is 4.43. The average Bonchev–Trinajstić information content (AvgIpc) is 3.24. The number of benzene rings is 7. The SMILES string of the molecule is CC1(C)c2ccc(-c3ccccc3-c3nc(-c4ccc(-c5ccccc5)cc4)nc(-c4ccc(-c5ccccc5)cc4)n3)cc2Sc2cccc(C#N)c21. The van der Waals surface area contributed by atoms with E-state index in [9.17, 15) is 5.26 Å². The Labute approximate surface area is 319 Å². The van der Waals surface area contributed by atoms with Crippen molar-refractivity contribution < 1.29 is 0 Å². The van der Waals surface area contributed by atoms with E-state index in [1.165, 1.54) is 10.5 Å². The van der Waals surface area contributed by atoms with Crippen LogP contribution in [-0.2, 0) is 5.41 Å². The number of aromatic nitrogens is 3. The topological polar surface area (TPSA) is 62.5 Å². The Hall–Kier alpha value is -6.61. The fourth-order valence-corrected chi connectivity index (χ4v) is 8.94. The fourth-order valence-electron chi connectivity index (χ4n) is 7.47. The van der Waals surface area contributed by atoms with Crippen LogP contribution in [0.4, 0.5) is 0 Å². The molecular weight excluding hydrogens is 677 g/mol. The quantitative estimate of drug-likeness (QED) is 0.172. The molecule has 1 aliphatic rings. The minimum absolute atomic E-state index is 0.315. The molecule has 0 spiro atoms. The van der Waals surface area contributed by atoms with Gasteiger partial charge in [-0.25, -0.2) is 15.0 Å². The molecule has 5 heteroatoms. The number of fused-ring (bicyclic) bond motifs is 2. The lowest BCUT2D eigenvalue weighted by atomic mass is 9.75. The van der Waals surface area contributed by atoms with Crippen LogP contribution in [-0.4, -0.2) is 15.0 Å². The standard InChI is InChI=1S/C49H34N4S/c1-49(2)42-29-28-38(30-44(42)54-43-19-11-16-39(31-50)45(43)49)40-17-9-10-18-41(40)48-52-46(36-24-20-34(21-25-36)32-12-5-3-6-13-32)51-47(53-48)37-26-22-35(23-27-37)33-14-7-4-8-15-33/h3-30H,1-2H3. The Morgan fingerprint density at radius 1 is 0.444 bits per heavy atom. The third-order valence-corrected chi connectivity index (χ3v) is 11.4. The van der Waals surface area contributed by atoms with Crippen molar-refractivity contribution in [3.63, 3.8) is 0 Å². The highest BCUT2D eigenvalue weighted by Gasteiger charge is 2.35. The van der Waals surface area contributed by atoms with Crippen molar-refractivity contribution in [3.05, 3.63) is 187 Å². The van der Waals surface area contributed by atoms with E-state index < -0.39 is 0 Å². The van der Waals surface area contributed by atoms with E-state index in [-0.39, 0.29) is 5.41 Å². The lowest BCUT2D eigenvalue weighted by Gasteiger charge is -2.35. The number of rotatable bonds is 6. The summed E-state index contributed by atoms with van der Waals surface area (Å²) in [4.78, 5) is 17.7. The van der Waals surface area contributed by atoms with E-state index in [2.05, 4.69) is 159 Å². The monoisotopic (exact) mass is 710 g/mol. The third kappa shape index (κ3) is 6.07. The summed E-state index contributed by atoms with van der Waals surface area (Å²) in [5, 5.41) is 9.93. The van der Waals surface area contributed by atoms with E-state index in [0.717, 1.165) is 66.1 Å². The fraction of sp³-hybridized carbons (Fsp3) is 0.0612. The van der Waals surface area contributed by atoms with Crippen molar-refractivity contribution in [2.45, 2.75) is 29.1 Å². The molecular formula is C49H34N4S. The predicted molar refractivity (Wildman–Crippen MR) is 220 cm³/mol. The van der Waals surface area contributed by atoms with Crippen LogP contribution in [0.1, 0.15) is 30.5 Å². The highest BCUT2D eigenvalue weighted by molar-refractivity contribution is 7.99. The van der Waals surface area contributed by atoms with Crippen molar-refractivity contribution in [2.24, 2.45) is 0 Å². The maximum atomic E-state index is 9.93. The molecule has 0 bridgehead atoms. The molecule has 0 saturated heterocycles. The number of hydrogen-bond donors (Lipinski definition) is 0. The maximum absolute atomic E-state index is 9.93. The lowest BCUT2D eigenvalue weighted by Crippen LogP contribution is -2.25. The first kappa shape index (κ1) is 33.2. The van der Waals surface area contributed by atoms with E-state index in [4.69, 9.17) is 15.0 Å². The summed E-state index contributed by atoms with van der Waals surface area (Å²) in [5.41, 5.74) is 12.2. The Bertz CT molecular complexity index is 2600. The van der Waals surface area contributed by atoms with Gasteiger partial charge in [-0.1, -0.05) is 177 Å². The van der Waals surface area contributed by atoms with Crippen LogP contribution in [0.15, 0.2) is 180 Å². The van der Waals surface area contributed by atoms with Gasteiger partial charge in [-0.05, 0) is 62.7 Å². The first-order chi connectivity index (χ1) is 26.5. The maximum Gasteiger partial charge on any atom is 0.164 e. The smallest absolute Gasteiger partial charge is 0.164 e. The molecule has 256 valence electrons. The molecule has 0 unspecified atom stereocenters. The number of nitrogens with zero attached hydrogens (tertiary/aromatic N) is 4. The van der Waals surface area contributed by atoms with Gasteiger partial charge in [0.2, 0.25) is 0 Å². The molecule has 4 nitrogen and oxygen atoms in total. The molecule has 2 heterocycles. The van der Waals surface area contributed by atoms with Crippen LogP contribution >= 0.6 is 11.8 Å². The Kier molecular flexibility index (Phi) is 8.46. The second kappa shape index (κ2) is 13.7. The molecule has 0 amide bonds. The molecule has 0 radical (unpaired) electrons. The summed E-state index contributed by atoms with van der Waals surface area (Å²) in [7, 11) is 0. The Morgan fingerprint density at radius 2 is 0.926 bits per heavy atom. The van der Waals surface area contributed by atoms with E-state index in [1.807, 2.05) is 30.3 Å². The van der Waals surface area contributed by atoms with Gasteiger partial charge in [-0.2, -0.15) is 5.26 Å². The van der Waals surface area contributed by atoms with Gasteiger partial charge in [0.1, 0.15) is 0 Å². The van der Waals surface area contributed by atoms with Crippen LogP contribution in [0.25, 0.3) is 67.5 Å². The van der Waals surface area contributed by atoms with Crippen LogP contribution in [0.2, 0.25) is 0 Å². The zero-order valence-electron chi connectivity index (χ0n) is 29.9. The second-order valence-corrected chi connectivity index (χ2v) is 15.1. The van der Waals surface area contributed by atoms with Gasteiger partial charge in [-0.3, -0.25) is 0 Å². The first-order valence-corrected chi connectivity index (χ1v) is 18.8. The van der Waals surface area contributed by atoms with Crippen molar-refractivity contribution in [2.75, 3.05) is 0 Å². The summed E-state index contributed by atoms with van der Waals surface area (Å²) in [5.74, 6) is 1.84. The largest absolute Gasteiger partial charge is 0.208 e.